The van der Waals surface area contributed by atoms with Crippen LogP contribution in [-0.2, 0) is 6.42 Å². The molecule has 0 amide bonds. The lowest BCUT2D eigenvalue weighted by molar-refractivity contribution is 0.0694. The van der Waals surface area contributed by atoms with E-state index in [4.69, 9.17) is 5.11 Å². The monoisotopic (exact) mass is 352 g/mol. The molecule has 0 aromatic heterocycles. The van der Waals surface area contributed by atoms with Gasteiger partial charge in [0.25, 0.3) is 0 Å². The number of hydrogen-bond donors (Lipinski definition) is 1. The fraction of sp³-hybridized carbons (Fsp3) is 0.300. The molecule has 0 unspecified atom stereocenters. The normalized spacial score (nSPS) is 10.4. The maximum Gasteiger partial charge on any atom is 0.338 e. The molecule has 0 saturated heterocycles. The van der Waals surface area contributed by atoms with E-state index >= 15 is 0 Å². The van der Waals surface area contributed by atoms with E-state index in [0.717, 1.165) is 16.9 Å². The second-order valence-electron chi connectivity index (χ2n) is 2.90. The van der Waals surface area contributed by atoms with Gasteiger partial charge in [-0.3, -0.25) is 0 Å². The fourth-order valence-electron chi connectivity index (χ4n) is 1.26. The zero-order valence-electron chi connectivity index (χ0n) is 8.30. The van der Waals surface area contributed by atoms with E-state index < -0.39 is 5.97 Å². The summed E-state index contributed by atoms with van der Waals surface area (Å²) in [7, 11) is 0. The summed E-state index contributed by atoms with van der Waals surface area (Å²) in [5.74, 6) is -0.917. The first-order valence-electron chi connectivity index (χ1n) is 4.31. The van der Waals surface area contributed by atoms with Gasteiger partial charge in [0, 0.05) is 13.8 Å². The number of carboxylic acids is 1. The molecule has 82 valence electrons. The Hall–Kier alpha value is -0.000000000000000111. The summed E-state index contributed by atoms with van der Waals surface area (Å²) in [5.41, 5.74) is 1.32. The lowest BCUT2D eigenvalue weighted by atomic mass is 10.1. The quantitative estimate of drug-likeness (QED) is 0.827. The van der Waals surface area contributed by atoms with Crippen LogP contribution in [0.1, 0.15) is 22.8 Å². The maximum absolute atomic E-state index is 11.1. The van der Waals surface area contributed by atoms with Crippen LogP contribution in [0.5, 0.6) is 0 Å². The minimum Gasteiger partial charge on any atom is -0.478 e. The van der Waals surface area contributed by atoms with Crippen molar-refractivity contribution in [3.8, 4) is 0 Å². The summed E-state index contributed by atoms with van der Waals surface area (Å²) in [4.78, 5) is 12.1. The predicted molar refractivity (Wildman–Crippen MR) is 70.0 cm³/mol. The van der Waals surface area contributed by atoms with Gasteiger partial charge in [0.1, 0.15) is 0 Å². The van der Waals surface area contributed by atoms with E-state index in [0.29, 0.717) is 14.5 Å². The SMILES string of the molecule is CCc1cc(SC)c(Br)c(C(=O)O)c1Br. The molecule has 15 heavy (non-hydrogen) atoms. The Morgan fingerprint density at radius 2 is 2.07 bits per heavy atom. The second-order valence-corrected chi connectivity index (χ2v) is 5.33. The van der Waals surface area contributed by atoms with Gasteiger partial charge in [-0.25, -0.2) is 4.79 Å². The van der Waals surface area contributed by atoms with E-state index in [1.54, 1.807) is 0 Å². The molecule has 0 aliphatic carbocycles. The molecule has 0 radical (unpaired) electrons. The molecular weight excluding hydrogens is 344 g/mol. The fourth-order valence-corrected chi connectivity index (χ4v) is 3.80. The molecule has 1 rings (SSSR count). The van der Waals surface area contributed by atoms with Crippen LogP contribution in [0.3, 0.4) is 0 Å². The smallest absolute Gasteiger partial charge is 0.338 e. The Labute approximate surface area is 110 Å². The predicted octanol–water partition coefficient (Wildman–Crippen LogP) is 4.19. The third-order valence-corrected chi connectivity index (χ3v) is 4.81. The van der Waals surface area contributed by atoms with E-state index in [2.05, 4.69) is 31.9 Å². The zero-order valence-corrected chi connectivity index (χ0v) is 12.3. The summed E-state index contributed by atoms with van der Waals surface area (Å²) in [6.45, 7) is 2.00. The average molecular weight is 354 g/mol. The topological polar surface area (TPSA) is 37.3 Å². The van der Waals surface area contributed by atoms with Gasteiger partial charge in [0.05, 0.1) is 5.56 Å². The first-order valence-corrected chi connectivity index (χ1v) is 7.12. The van der Waals surface area contributed by atoms with Gasteiger partial charge in [-0.2, -0.15) is 0 Å². The highest BCUT2D eigenvalue weighted by Gasteiger charge is 2.18. The van der Waals surface area contributed by atoms with Crippen LogP contribution in [0.2, 0.25) is 0 Å². The minimum atomic E-state index is -0.917. The van der Waals surface area contributed by atoms with Crippen LogP contribution < -0.4 is 0 Å². The van der Waals surface area contributed by atoms with Crippen LogP contribution in [0, 0.1) is 0 Å². The molecule has 0 aliphatic rings. The molecule has 0 saturated carbocycles. The van der Waals surface area contributed by atoms with Gasteiger partial charge < -0.3 is 5.11 Å². The Morgan fingerprint density at radius 1 is 1.47 bits per heavy atom. The molecule has 5 heteroatoms. The molecule has 0 aliphatic heterocycles. The van der Waals surface area contributed by atoms with E-state index in [9.17, 15) is 4.79 Å². The van der Waals surface area contributed by atoms with Crippen molar-refractivity contribution in [1.29, 1.82) is 0 Å². The lowest BCUT2D eigenvalue weighted by Crippen LogP contribution is -2.03. The first-order chi connectivity index (χ1) is 7.02. The number of thioether (sulfide) groups is 1. The van der Waals surface area contributed by atoms with Gasteiger partial charge in [0.2, 0.25) is 0 Å². The Balaban J connectivity index is 3.53. The van der Waals surface area contributed by atoms with E-state index in [1.807, 2.05) is 19.2 Å². The highest BCUT2D eigenvalue weighted by molar-refractivity contribution is 9.11. The van der Waals surface area contributed by atoms with Crippen LogP contribution >= 0.6 is 43.6 Å². The minimum absolute atomic E-state index is 0.304. The van der Waals surface area contributed by atoms with Gasteiger partial charge in [-0.05, 0) is 56.2 Å². The van der Waals surface area contributed by atoms with Crippen molar-refractivity contribution in [2.24, 2.45) is 0 Å². The lowest BCUT2D eigenvalue weighted by Gasteiger charge is -2.11. The summed E-state index contributed by atoms with van der Waals surface area (Å²) in [6.07, 6.45) is 2.74. The molecule has 1 aromatic rings. The number of benzene rings is 1. The molecular formula is C10H10Br2O2S. The van der Waals surface area contributed by atoms with Crippen molar-refractivity contribution in [2.75, 3.05) is 6.26 Å². The van der Waals surface area contributed by atoms with Gasteiger partial charge >= 0.3 is 5.97 Å². The molecule has 1 N–H and O–H groups in total. The molecule has 0 bridgehead atoms. The van der Waals surface area contributed by atoms with Crippen molar-refractivity contribution in [1.82, 2.24) is 0 Å². The first kappa shape index (κ1) is 13.1. The largest absolute Gasteiger partial charge is 0.478 e. The molecule has 0 atom stereocenters. The van der Waals surface area contributed by atoms with E-state index in [-0.39, 0.29) is 0 Å². The van der Waals surface area contributed by atoms with Crippen LogP contribution in [0.15, 0.2) is 19.9 Å². The van der Waals surface area contributed by atoms with Gasteiger partial charge in [-0.15, -0.1) is 11.8 Å². The summed E-state index contributed by atoms with van der Waals surface area (Å²) in [6, 6.07) is 2.01. The van der Waals surface area contributed by atoms with Crippen molar-refractivity contribution in [3.05, 3.63) is 26.1 Å². The third-order valence-electron chi connectivity index (χ3n) is 2.06. The van der Waals surface area contributed by atoms with Crippen molar-refractivity contribution < 1.29 is 9.90 Å². The van der Waals surface area contributed by atoms with E-state index in [1.165, 1.54) is 11.8 Å². The van der Waals surface area contributed by atoms with Gasteiger partial charge in [0.15, 0.2) is 0 Å². The number of carboxylic acid groups (broad SMARTS) is 1. The van der Waals surface area contributed by atoms with Crippen LogP contribution in [0.25, 0.3) is 0 Å². The number of aromatic carboxylic acids is 1. The number of aryl methyl sites for hydroxylation is 1. The summed E-state index contributed by atoms with van der Waals surface area (Å²) in [5, 5.41) is 9.12. The summed E-state index contributed by atoms with van der Waals surface area (Å²) < 4.78 is 1.31. The second kappa shape index (κ2) is 5.37. The standard InChI is InChI=1S/C10H10Br2O2S/c1-3-5-4-6(15-2)9(12)7(8(5)11)10(13)14/h4H,3H2,1-2H3,(H,13,14). The van der Waals surface area contributed by atoms with Gasteiger partial charge in [-0.1, -0.05) is 6.92 Å². The van der Waals surface area contributed by atoms with Crippen molar-refractivity contribution >= 4 is 49.6 Å². The highest BCUT2D eigenvalue weighted by Crippen LogP contribution is 2.36. The molecule has 0 spiro atoms. The number of halogens is 2. The zero-order chi connectivity index (χ0) is 11.6. The molecule has 1 aromatic carbocycles. The highest BCUT2D eigenvalue weighted by atomic mass is 79.9. The van der Waals surface area contributed by atoms with Crippen molar-refractivity contribution in [2.45, 2.75) is 18.2 Å². The average Bonchev–Trinajstić information content (AvgIpc) is 2.18. The van der Waals surface area contributed by atoms with Crippen LogP contribution in [-0.4, -0.2) is 17.3 Å². The molecule has 2 nitrogen and oxygen atoms in total. The van der Waals surface area contributed by atoms with Crippen LogP contribution in [0.4, 0.5) is 0 Å². The maximum atomic E-state index is 11.1. The molecule has 0 heterocycles. The Kier molecular flexibility index (Phi) is 4.67. The Morgan fingerprint density at radius 3 is 2.47 bits per heavy atom. The number of hydrogen-bond acceptors (Lipinski definition) is 2. The summed E-state index contributed by atoms with van der Waals surface area (Å²) >= 11 is 8.19. The number of carbonyl (C=O) groups is 1. The number of rotatable bonds is 3. The third kappa shape index (κ3) is 2.57. The van der Waals surface area contributed by atoms with Crippen molar-refractivity contribution in [3.63, 3.8) is 0 Å². The Bertz CT molecular complexity index is 377. The molecule has 0 fully saturated rings.